The first-order valence-electron chi connectivity index (χ1n) is 8.72. The maximum atomic E-state index is 13.4. The summed E-state index contributed by atoms with van der Waals surface area (Å²) in [4.78, 5) is 39.4. The third-order valence-corrected chi connectivity index (χ3v) is 5.27. The van der Waals surface area contributed by atoms with Gasteiger partial charge in [0.15, 0.2) is 5.78 Å². The van der Waals surface area contributed by atoms with Crippen LogP contribution in [0.25, 0.3) is 0 Å². The zero-order valence-corrected chi connectivity index (χ0v) is 15.3. The third kappa shape index (κ3) is 2.36. The van der Waals surface area contributed by atoms with Crippen molar-refractivity contribution in [3.63, 3.8) is 0 Å². The average molecular weight is 382 g/mol. The molecule has 0 bridgehead atoms. The summed E-state index contributed by atoms with van der Waals surface area (Å²) < 4.78 is 21.8. The molecule has 7 heteroatoms. The van der Waals surface area contributed by atoms with E-state index >= 15 is 0 Å². The van der Waals surface area contributed by atoms with Crippen molar-refractivity contribution in [1.29, 1.82) is 0 Å². The Morgan fingerprint density at radius 1 is 0.929 bits per heavy atom. The van der Waals surface area contributed by atoms with Gasteiger partial charge in [0.25, 0.3) is 0 Å². The van der Waals surface area contributed by atoms with Crippen LogP contribution in [0, 0.1) is 11.3 Å². The summed E-state index contributed by atoms with van der Waals surface area (Å²) in [5, 5.41) is 0. The van der Waals surface area contributed by atoms with E-state index < -0.39 is 41.4 Å². The zero-order chi connectivity index (χ0) is 19.9. The topological polar surface area (TPSA) is 88.1 Å². The van der Waals surface area contributed by atoms with E-state index in [0.29, 0.717) is 11.3 Å². The first-order valence-corrected chi connectivity index (χ1v) is 8.72. The van der Waals surface area contributed by atoms with Crippen molar-refractivity contribution in [3.8, 4) is 5.75 Å². The van der Waals surface area contributed by atoms with Gasteiger partial charge in [-0.05, 0) is 17.7 Å². The fourth-order valence-electron chi connectivity index (χ4n) is 4.05. The van der Waals surface area contributed by atoms with Crippen LogP contribution >= 0.6 is 0 Å². The Morgan fingerprint density at radius 2 is 1.54 bits per heavy atom. The molecule has 3 atom stereocenters. The van der Waals surface area contributed by atoms with E-state index in [1.807, 2.05) is 0 Å². The molecule has 7 nitrogen and oxygen atoms in total. The molecule has 2 aliphatic rings. The van der Waals surface area contributed by atoms with Gasteiger partial charge < -0.3 is 18.9 Å². The second-order valence-electron chi connectivity index (χ2n) is 6.60. The van der Waals surface area contributed by atoms with Gasteiger partial charge in [0.2, 0.25) is 11.7 Å². The van der Waals surface area contributed by atoms with E-state index in [0.717, 1.165) is 14.2 Å². The predicted molar refractivity (Wildman–Crippen MR) is 95.4 cm³/mol. The smallest absolute Gasteiger partial charge is 0.327 e. The Bertz CT molecular complexity index is 921. The number of carbonyl (C=O) groups excluding carboxylic acids is 3. The molecule has 1 fully saturated rings. The number of hydrogen-bond donors (Lipinski definition) is 0. The molecule has 0 spiro atoms. The Balaban J connectivity index is 1.95. The van der Waals surface area contributed by atoms with Crippen molar-refractivity contribution in [1.82, 2.24) is 0 Å². The number of para-hydroxylation sites is 1. The number of ether oxygens (including phenoxy) is 4. The largest absolute Gasteiger partial charge is 0.468 e. The van der Waals surface area contributed by atoms with Gasteiger partial charge in [-0.15, -0.1) is 0 Å². The van der Waals surface area contributed by atoms with Gasteiger partial charge in [0, 0.05) is 0 Å². The van der Waals surface area contributed by atoms with Crippen LogP contribution in [0.15, 0.2) is 54.6 Å². The van der Waals surface area contributed by atoms with Crippen molar-refractivity contribution < 1.29 is 33.3 Å². The van der Waals surface area contributed by atoms with Crippen molar-refractivity contribution in [3.05, 3.63) is 65.7 Å². The summed E-state index contributed by atoms with van der Waals surface area (Å²) in [5.41, 5.74) is -1.22. The molecular weight excluding hydrogens is 364 g/mol. The number of methoxy groups -OCH3 is 2. The third-order valence-electron chi connectivity index (χ3n) is 5.27. The minimum absolute atomic E-state index is 0.276. The van der Waals surface area contributed by atoms with E-state index in [1.54, 1.807) is 54.6 Å². The average Bonchev–Trinajstić information content (AvgIpc) is 3.09. The molecule has 144 valence electrons. The summed E-state index contributed by atoms with van der Waals surface area (Å²) >= 11 is 0. The van der Waals surface area contributed by atoms with Crippen LogP contribution in [0.5, 0.6) is 5.75 Å². The Kier molecular flexibility index (Phi) is 4.39. The Labute approximate surface area is 161 Å². The molecule has 1 saturated heterocycles. The fourth-order valence-corrected chi connectivity index (χ4v) is 4.05. The molecule has 0 saturated carbocycles. The molecular formula is C21H18O7. The lowest BCUT2D eigenvalue weighted by molar-refractivity contribution is -0.175. The number of benzene rings is 2. The molecule has 2 aromatic rings. The predicted octanol–water partition coefficient (Wildman–Crippen LogP) is 2.31. The van der Waals surface area contributed by atoms with Crippen molar-refractivity contribution in [2.24, 2.45) is 11.3 Å². The summed E-state index contributed by atoms with van der Waals surface area (Å²) in [7, 11) is 2.31. The monoisotopic (exact) mass is 382 g/mol. The van der Waals surface area contributed by atoms with Gasteiger partial charge in [0.05, 0.1) is 19.8 Å². The van der Waals surface area contributed by atoms with Gasteiger partial charge in [0.1, 0.15) is 17.8 Å². The van der Waals surface area contributed by atoms with Crippen molar-refractivity contribution in [2.45, 2.75) is 12.4 Å². The summed E-state index contributed by atoms with van der Waals surface area (Å²) in [6.07, 6.45) is -2.24. The number of Topliss-reactive ketones (excluding diaryl/α,β-unsaturated/α-hetero) is 1. The van der Waals surface area contributed by atoms with E-state index in [1.165, 1.54) is 0 Å². The Morgan fingerprint density at radius 3 is 2.18 bits per heavy atom. The van der Waals surface area contributed by atoms with Crippen LogP contribution in [0.4, 0.5) is 0 Å². The highest BCUT2D eigenvalue weighted by atomic mass is 16.7. The number of rotatable bonds is 3. The SMILES string of the molecule is COC(=O)C1(C(=O)OC)[C@@H](c2ccccc2)O[C@@H]2Oc3ccccc3C(=O)[C@@H]21. The van der Waals surface area contributed by atoms with Gasteiger partial charge in [-0.3, -0.25) is 14.4 Å². The highest BCUT2D eigenvalue weighted by Crippen LogP contribution is 2.56. The lowest BCUT2D eigenvalue weighted by Crippen LogP contribution is -2.53. The quantitative estimate of drug-likeness (QED) is 0.594. The summed E-state index contributed by atoms with van der Waals surface area (Å²) in [5.74, 6) is -3.14. The minimum Gasteiger partial charge on any atom is -0.468 e. The Hall–Kier alpha value is -3.19. The molecule has 2 aliphatic heterocycles. The molecule has 0 aromatic heterocycles. The van der Waals surface area contributed by atoms with E-state index in [2.05, 4.69) is 0 Å². The number of hydrogen-bond acceptors (Lipinski definition) is 7. The summed E-state index contributed by atoms with van der Waals surface area (Å²) in [6, 6.07) is 15.3. The highest BCUT2D eigenvalue weighted by Gasteiger charge is 2.72. The maximum absolute atomic E-state index is 13.4. The fraction of sp³-hybridized carbons (Fsp3) is 0.286. The van der Waals surface area contributed by atoms with E-state index in [9.17, 15) is 14.4 Å². The maximum Gasteiger partial charge on any atom is 0.327 e. The molecule has 28 heavy (non-hydrogen) atoms. The molecule has 0 radical (unpaired) electrons. The number of ketones is 1. The molecule has 0 N–H and O–H groups in total. The van der Waals surface area contributed by atoms with Gasteiger partial charge in [-0.1, -0.05) is 42.5 Å². The second kappa shape index (κ2) is 6.76. The highest BCUT2D eigenvalue weighted by molar-refractivity contribution is 6.11. The van der Waals surface area contributed by atoms with Gasteiger partial charge in [-0.2, -0.15) is 0 Å². The molecule has 0 amide bonds. The summed E-state index contributed by atoms with van der Waals surface area (Å²) in [6.45, 7) is 0. The number of esters is 2. The van der Waals surface area contributed by atoms with Gasteiger partial charge >= 0.3 is 11.9 Å². The van der Waals surface area contributed by atoms with Crippen molar-refractivity contribution >= 4 is 17.7 Å². The molecule has 4 rings (SSSR count). The van der Waals surface area contributed by atoms with Crippen molar-refractivity contribution in [2.75, 3.05) is 14.2 Å². The minimum atomic E-state index is -2.03. The first kappa shape index (κ1) is 18.2. The van der Waals surface area contributed by atoms with E-state index in [4.69, 9.17) is 18.9 Å². The van der Waals surface area contributed by atoms with Crippen LogP contribution in [-0.2, 0) is 23.8 Å². The number of carbonyl (C=O) groups is 3. The molecule has 0 unspecified atom stereocenters. The first-order chi connectivity index (χ1) is 13.6. The zero-order valence-electron chi connectivity index (χ0n) is 15.3. The number of fused-ring (bicyclic) bond motifs is 2. The van der Waals surface area contributed by atoms with Crippen LogP contribution < -0.4 is 4.74 Å². The lowest BCUT2D eigenvalue weighted by Gasteiger charge is -2.34. The van der Waals surface area contributed by atoms with Crippen LogP contribution in [0.2, 0.25) is 0 Å². The van der Waals surface area contributed by atoms with Crippen LogP contribution in [0.1, 0.15) is 22.0 Å². The second-order valence-corrected chi connectivity index (χ2v) is 6.60. The molecule has 2 aromatic carbocycles. The molecule has 2 heterocycles. The standard InChI is InChI=1S/C21H18O7/c1-25-19(23)21(20(24)26-2)15-16(22)13-10-6-7-11-14(13)27-18(15)28-17(21)12-8-4-3-5-9-12/h3-11,15,17-18H,1-2H3/t15-,17+,18-/m0/s1. The van der Waals surface area contributed by atoms with Crippen LogP contribution in [-0.4, -0.2) is 38.2 Å². The van der Waals surface area contributed by atoms with E-state index in [-0.39, 0.29) is 5.56 Å². The molecule has 0 aliphatic carbocycles. The lowest BCUT2D eigenvalue weighted by atomic mass is 9.67. The van der Waals surface area contributed by atoms with Gasteiger partial charge in [-0.25, -0.2) is 0 Å². The van der Waals surface area contributed by atoms with Crippen LogP contribution in [0.3, 0.4) is 0 Å². The normalized spacial score (nSPS) is 24.5.